The highest BCUT2D eigenvalue weighted by Gasteiger charge is 2.32. The number of hydrogen-bond acceptors (Lipinski definition) is 1. The normalized spacial score (nSPS) is 28.0. The molecule has 1 amide bonds. The van der Waals surface area contributed by atoms with Crippen LogP contribution in [0.4, 0.5) is 0 Å². The molecular weight excluding hydrogens is 162 g/mol. The highest BCUT2D eigenvalue weighted by atomic mass is 16.1. The summed E-state index contributed by atoms with van der Waals surface area (Å²) in [4.78, 5) is 10.7. The number of nitrogens with one attached hydrogen (secondary N) is 1. The maximum atomic E-state index is 10.7. The second-order valence-corrected chi connectivity index (χ2v) is 5.50. The Balaban J connectivity index is 2.15. The third kappa shape index (κ3) is 3.79. The summed E-state index contributed by atoms with van der Waals surface area (Å²) in [7, 11) is 0. The van der Waals surface area contributed by atoms with Crippen LogP contribution in [0.2, 0.25) is 0 Å². The number of hydrogen-bond donors (Lipinski definition) is 1. The summed E-state index contributed by atoms with van der Waals surface area (Å²) < 4.78 is 0. The average molecular weight is 183 g/mol. The molecule has 0 aromatic carbocycles. The maximum absolute atomic E-state index is 10.7. The van der Waals surface area contributed by atoms with Crippen LogP contribution >= 0.6 is 0 Å². The van der Waals surface area contributed by atoms with Gasteiger partial charge in [-0.05, 0) is 30.6 Å². The predicted octanol–water partition coefficient (Wildman–Crippen LogP) is 2.34. The molecular formula is C11H21NO. The van der Waals surface area contributed by atoms with Crippen LogP contribution in [0.25, 0.3) is 0 Å². The zero-order valence-corrected chi connectivity index (χ0v) is 9.18. The van der Waals surface area contributed by atoms with Crippen LogP contribution in [0.15, 0.2) is 0 Å². The lowest BCUT2D eigenvalue weighted by Crippen LogP contribution is -2.44. The fraction of sp³-hybridized carbons (Fsp3) is 0.909. The third-order valence-electron chi connectivity index (χ3n) is 2.54. The van der Waals surface area contributed by atoms with Crippen molar-refractivity contribution in [3.05, 3.63) is 0 Å². The minimum atomic E-state index is 0.110. The molecule has 76 valence electrons. The van der Waals surface area contributed by atoms with Crippen LogP contribution in [0.5, 0.6) is 0 Å². The van der Waals surface area contributed by atoms with E-state index in [0.717, 1.165) is 5.92 Å². The van der Waals surface area contributed by atoms with Crippen molar-refractivity contribution in [2.45, 2.75) is 53.0 Å². The minimum absolute atomic E-state index is 0.110. The van der Waals surface area contributed by atoms with Crippen LogP contribution in [0.3, 0.4) is 0 Å². The van der Waals surface area contributed by atoms with Gasteiger partial charge in [-0.2, -0.15) is 0 Å². The van der Waals surface area contributed by atoms with E-state index < -0.39 is 0 Å². The molecule has 0 aromatic heterocycles. The number of carbonyl (C=O) groups excluding carboxylic acids is 1. The summed E-state index contributed by atoms with van der Waals surface area (Å²) in [5, 5.41) is 2.96. The van der Waals surface area contributed by atoms with Gasteiger partial charge in [0.05, 0.1) is 0 Å². The first kappa shape index (κ1) is 10.6. The van der Waals surface area contributed by atoms with Gasteiger partial charge in [0.15, 0.2) is 0 Å². The van der Waals surface area contributed by atoms with Gasteiger partial charge >= 0.3 is 0 Å². The van der Waals surface area contributed by atoms with E-state index in [1.54, 1.807) is 6.92 Å². The number of rotatable bonds is 2. The van der Waals surface area contributed by atoms with Gasteiger partial charge < -0.3 is 5.32 Å². The number of amides is 1. The summed E-state index contributed by atoms with van der Waals surface area (Å²) >= 11 is 0. The topological polar surface area (TPSA) is 29.1 Å². The second kappa shape index (κ2) is 3.69. The van der Waals surface area contributed by atoms with Crippen LogP contribution in [0.1, 0.15) is 47.0 Å². The van der Waals surface area contributed by atoms with Crippen LogP contribution in [-0.4, -0.2) is 11.9 Å². The summed E-state index contributed by atoms with van der Waals surface area (Å²) in [6.07, 6.45) is 3.64. The molecule has 0 saturated heterocycles. The summed E-state index contributed by atoms with van der Waals surface area (Å²) in [5.41, 5.74) is 0.436. The molecule has 0 unspecified atom stereocenters. The molecule has 0 aromatic rings. The van der Waals surface area contributed by atoms with Crippen LogP contribution < -0.4 is 5.32 Å². The minimum Gasteiger partial charge on any atom is -0.354 e. The van der Waals surface area contributed by atoms with E-state index in [9.17, 15) is 4.79 Å². The monoisotopic (exact) mass is 183 g/mol. The molecule has 0 aliphatic heterocycles. The number of carbonyl (C=O) groups is 1. The van der Waals surface area contributed by atoms with Crippen molar-refractivity contribution in [3.63, 3.8) is 0 Å². The Bertz CT molecular complexity index is 187. The molecule has 1 saturated carbocycles. The maximum Gasteiger partial charge on any atom is 0.217 e. The SMILES string of the molecule is CC(=O)NC1CC(CC(C)(C)C)C1. The van der Waals surface area contributed by atoms with Gasteiger partial charge in [0.2, 0.25) is 5.91 Å². The van der Waals surface area contributed by atoms with Gasteiger partial charge in [0.1, 0.15) is 0 Å². The Morgan fingerprint density at radius 1 is 1.38 bits per heavy atom. The van der Waals surface area contributed by atoms with Gasteiger partial charge in [0, 0.05) is 13.0 Å². The Kier molecular flexibility index (Phi) is 2.99. The Hall–Kier alpha value is -0.530. The quantitative estimate of drug-likeness (QED) is 0.699. The van der Waals surface area contributed by atoms with Gasteiger partial charge in [-0.3, -0.25) is 4.79 Å². The zero-order valence-electron chi connectivity index (χ0n) is 9.18. The van der Waals surface area contributed by atoms with E-state index in [1.807, 2.05) is 0 Å². The molecule has 0 bridgehead atoms. The predicted molar refractivity (Wildman–Crippen MR) is 54.4 cm³/mol. The van der Waals surface area contributed by atoms with Gasteiger partial charge in [-0.15, -0.1) is 0 Å². The molecule has 13 heavy (non-hydrogen) atoms. The average Bonchev–Trinajstić information content (AvgIpc) is 1.78. The lowest BCUT2D eigenvalue weighted by atomic mass is 9.71. The summed E-state index contributed by atoms with van der Waals surface area (Å²) in [6, 6.07) is 0.463. The van der Waals surface area contributed by atoms with Crippen molar-refractivity contribution in [2.24, 2.45) is 11.3 Å². The van der Waals surface area contributed by atoms with Gasteiger partial charge in [-0.1, -0.05) is 20.8 Å². The first-order valence-electron chi connectivity index (χ1n) is 5.14. The van der Waals surface area contributed by atoms with E-state index >= 15 is 0 Å². The van der Waals surface area contributed by atoms with Crippen molar-refractivity contribution in [1.82, 2.24) is 5.32 Å². The summed E-state index contributed by atoms with van der Waals surface area (Å²) in [5.74, 6) is 0.941. The van der Waals surface area contributed by atoms with Crippen LogP contribution in [-0.2, 0) is 4.79 Å². The molecule has 1 aliphatic rings. The molecule has 1 fully saturated rings. The highest BCUT2D eigenvalue weighted by Crippen LogP contribution is 2.37. The van der Waals surface area contributed by atoms with Crippen LogP contribution in [0, 0.1) is 11.3 Å². The van der Waals surface area contributed by atoms with Crippen molar-refractivity contribution < 1.29 is 4.79 Å². The second-order valence-electron chi connectivity index (χ2n) is 5.50. The lowest BCUT2D eigenvalue weighted by Gasteiger charge is -2.39. The molecule has 1 N–H and O–H groups in total. The third-order valence-corrected chi connectivity index (χ3v) is 2.54. The molecule has 0 radical (unpaired) electrons. The highest BCUT2D eigenvalue weighted by molar-refractivity contribution is 5.73. The molecule has 0 atom stereocenters. The fourth-order valence-corrected chi connectivity index (χ4v) is 2.17. The first-order valence-corrected chi connectivity index (χ1v) is 5.14. The molecule has 2 heteroatoms. The van der Waals surface area contributed by atoms with E-state index in [0.29, 0.717) is 11.5 Å². The Morgan fingerprint density at radius 3 is 2.31 bits per heavy atom. The molecule has 0 heterocycles. The van der Waals surface area contributed by atoms with E-state index in [-0.39, 0.29) is 5.91 Å². The largest absolute Gasteiger partial charge is 0.354 e. The van der Waals surface area contributed by atoms with Crippen molar-refractivity contribution in [1.29, 1.82) is 0 Å². The molecule has 1 rings (SSSR count). The van der Waals surface area contributed by atoms with E-state index in [2.05, 4.69) is 26.1 Å². The smallest absolute Gasteiger partial charge is 0.217 e. The summed E-state index contributed by atoms with van der Waals surface area (Å²) in [6.45, 7) is 8.42. The first-order chi connectivity index (χ1) is 5.87. The lowest BCUT2D eigenvalue weighted by molar-refractivity contribution is -0.120. The molecule has 2 nitrogen and oxygen atoms in total. The zero-order chi connectivity index (χ0) is 10.1. The fourth-order valence-electron chi connectivity index (χ4n) is 2.17. The van der Waals surface area contributed by atoms with Crippen molar-refractivity contribution in [3.8, 4) is 0 Å². The molecule has 0 spiro atoms. The van der Waals surface area contributed by atoms with E-state index in [4.69, 9.17) is 0 Å². The standard InChI is InChI=1S/C11H21NO/c1-8(13)12-10-5-9(6-10)7-11(2,3)4/h9-10H,5-7H2,1-4H3,(H,12,13). The molecule has 1 aliphatic carbocycles. The Morgan fingerprint density at radius 2 is 1.92 bits per heavy atom. The van der Waals surface area contributed by atoms with Crippen molar-refractivity contribution in [2.75, 3.05) is 0 Å². The van der Waals surface area contributed by atoms with Gasteiger partial charge in [-0.25, -0.2) is 0 Å². The van der Waals surface area contributed by atoms with E-state index in [1.165, 1.54) is 19.3 Å². The Labute approximate surface area is 81.1 Å². The van der Waals surface area contributed by atoms with Gasteiger partial charge in [0.25, 0.3) is 0 Å². The van der Waals surface area contributed by atoms with Crippen molar-refractivity contribution >= 4 is 5.91 Å².